The van der Waals surface area contributed by atoms with Gasteiger partial charge in [0.2, 0.25) is 0 Å². The van der Waals surface area contributed by atoms with Crippen LogP contribution in [0.5, 0.6) is 0 Å². The van der Waals surface area contributed by atoms with E-state index in [1.165, 1.54) is 11.7 Å². The highest BCUT2D eigenvalue weighted by Crippen LogP contribution is 2.35. The minimum atomic E-state index is -3.85. The number of methoxy groups -OCH3 is 1. The summed E-state index contributed by atoms with van der Waals surface area (Å²) in [7, 11) is -2.33. The number of aryl methyl sites for hydroxylation is 1. The molecule has 1 saturated heterocycles. The molecular weight excluding hydrogens is 367 g/mol. The van der Waals surface area contributed by atoms with Crippen LogP contribution in [0.2, 0.25) is 0 Å². The number of thioether (sulfide) groups is 1. The summed E-state index contributed by atoms with van der Waals surface area (Å²) < 4.78 is 28.6. The van der Waals surface area contributed by atoms with Gasteiger partial charge in [0.25, 0.3) is 0 Å². The Hall–Kier alpha value is -0.700. The highest BCUT2D eigenvalue weighted by Gasteiger charge is 2.37. The Morgan fingerprint density at radius 1 is 1.56 bits per heavy atom. The van der Waals surface area contributed by atoms with Crippen LogP contribution in [0.1, 0.15) is 31.6 Å². The van der Waals surface area contributed by atoms with Crippen molar-refractivity contribution in [2.75, 3.05) is 26.1 Å². The van der Waals surface area contributed by atoms with Crippen molar-refractivity contribution in [3.05, 3.63) is 22.2 Å². The van der Waals surface area contributed by atoms with Gasteiger partial charge in [0.05, 0.1) is 12.7 Å². The van der Waals surface area contributed by atoms with Gasteiger partial charge in [-0.15, -0.1) is 11.8 Å². The maximum Gasteiger partial charge on any atom is 0.350 e. The summed E-state index contributed by atoms with van der Waals surface area (Å²) in [5.41, 5.74) is 0.503. The molecule has 2 unspecified atom stereocenters. The monoisotopic (exact) mass is 391 g/mol. The van der Waals surface area contributed by atoms with E-state index in [1.54, 1.807) is 18.0 Å². The number of nitrogens with zero attached hydrogens (tertiary/aromatic N) is 2. The van der Waals surface area contributed by atoms with E-state index in [0.717, 1.165) is 29.4 Å². The summed E-state index contributed by atoms with van der Waals surface area (Å²) in [6, 6.07) is 0. The number of ether oxygens (including phenoxy) is 2. The predicted molar refractivity (Wildman–Crippen MR) is 93.1 cm³/mol. The zero-order valence-corrected chi connectivity index (χ0v) is 16.5. The summed E-state index contributed by atoms with van der Waals surface area (Å²) in [4.78, 5) is 27.7. The quantitative estimate of drug-likeness (QED) is 0.374. The maximum absolute atomic E-state index is 12.4. The summed E-state index contributed by atoms with van der Waals surface area (Å²) >= 11 is 1.55. The molecule has 0 saturated carbocycles. The van der Waals surface area contributed by atoms with Crippen molar-refractivity contribution in [3.8, 4) is 0 Å². The highest BCUT2D eigenvalue weighted by atomic mass is 32.2. The molecule has 2 heterocycles. The lowest BCUT2D eigenvalue weighted by atomic mass is 10.2. The Bertz CT molecular complexity index is 691. The fraction of sp³-hybridized carbons (Fsp3) is 0.733. The molecule has 25 heavy (non-hydrogen) atoms. The maximum atomic E-state index is 12.4. The molecule has 2 rings (SSSR count). The summed E-state index contributed by atoms with van der Waals surface area (Å²) in [5.74, 6) is 0.897. The van der Waals surface area contributed by atoms with Crippen LogP contribution in [0.3, 0.4) is 0 Å². The van der Waals surface area contributed by atoms with E-state index in [1.807, 2.05) is 6.92 Å². The molecule has 0 aliphatic carbocycles. The van der Waals surface area contributed by atoms with Gasteiger partial charge in [-0.05, 0) is 24.7 Å². The van der Waals surface area contributed by atoms with Crippen molar-refractivity contribution >= 4 is 19.4 Å². The van der Waals surface area contributed by atoms with Gasteiger partial charge >= 0.3 is 5.69 Å². The second kappa shape index (κ2) is 8.79. The van der Waals surface area contributed by atoms with Crippen molar-refractivity contribution in [2.45, 2.75) is 50.2 Å². The molecule has 0 bridgehead atoms. The molecule has 8 nitrogen and oxygen atoms in total. The number of rotatable bonds is 8. The molecule has 0 aromatic carbocycles. The standard InChI is InChI=1S/C15H25N2O6PS/c1-5-6-25-14-10(2)8-17(15(18)16-14)13-7-11(21-3)12(23-13)9-22-24(4,19)20/h8,11-13H,5-7,9H2,1-4H3,(H,19,20)/p-1/t11?,12-,13-/m1/s1. The van der Waals surface area contributed by atoms with Crippen molar-refractivity contribution in [3.63, 3.8) is 0 Å². The molecule has 1 fully saturated rings. The third-order valence-corrected chi connectivity index (χ3v) is 5.72. The SMILES string of the molecule is CCCSc1nc(=O)n([C@H]2CC(OC)[C@@H](COP(C)(=O)[O-])O2)cc1C. The van der Waals surface area contributed by atoms with E-state index in [4.69, 9.17) is 14.0 Å². The van der Waals surface area contributed by atoms with E-state index in [-0.39, 0.29) is 12.7 Å². The van der Waals surface area contributed by atoms with Gasteiger partial charge in [0, 0.05) is 26.4 Å². The lowest BCUT2D eigenvalue weighted by Gasteiger charge is -2.23. The van der Waals surface area contributed by atoms with E-state index >= 15 is 0 Å². The fourth-order valence-electron chi connectivity index (χ4n) is 2.58. The molecule has 0 N–H and O–H groups in total. The van der Waals surface area contributed by atoms with Gasteiger partial charge in [0.1, 0.15) is 25.0 Å². The van der Waals surface area contributed by atoms with Crippen LogP contribution < -0.4 is 10.6 Å². The van der Waals surface area contributed by atoms with Gasteiger partial charge in [-0.2, -0.15) is 4.98 Å². The van der Waals surface area contributed by atoms with Gasteiger partial charge in [-0.25, -0.2) is 4.79 Å². The number of hydrogen-bond donors (Lipinski definition) is 0. The van der Waals surface area contributed by atoms with Crippen LogP contribution in [-0.4, -0.2) is 47.9 Å². The first-order valence-corrected chi connectivity index (χ1v) is 11.1. The normalized spacial score (nSPS) is 25.9. The molecule has 1 aliphatic heterocycles. The van der Waals surface area contributed by atoms with Crippen LogP contribution >= 0.6 is 19.4 Å². The van der Waals surface area contributed by atoms with E-state index in [0.29, 0.717) is 6.42 Å². The van der Waals surface area contributed by atoms with Gasteiger partial charge in [0.15, 0.2) is 0 Å². The minimum Gasteiger partial charge on any atom is -0.779 e. The summed E-state index contributed by atoms with van der Waals surface area (Å²) in [5, 5.41) is 0.725. The lowest BCUT2D eigenvalue weighted by molar-refractivity contribution is -0.200. The Morgan fingerprint density at radius 3 is 2.88 bits per heavy atom. The number of aromatic nitrogens is 2. The molecule has 4 atom stereocenters. The third kappa shape index (κ3) is 5.64. The largest absolute Gasteiger partial charge is 0.779 e. The zero-order valence-electron chi connectivity index (χ0n) is 14.8. The first-order valence-electron chi connectivity index (χ1n) is 8.09. The van der Waals surface area contributed by atoms with Crippen LogP contribution in [0.25, 0.3) is 0 Å². The predicted octanol–water partition coefficient (Wildman–Crippen LogP) is 1.56. The van der Waals surface area contributed by atoms with Crippen LogP contribution in [-0.2, 0) is 18.6 Å². The summed E-state index contributed by atoms with van der Waals surface area (Å²) in [6.07, 6.45) is 1.65. The third-order valence-electron chi connectivity index (χ3n) is 3.80. The van der Waals surface area contributed by atoms with Crippen LogP contribution in [0, 0.1) is 6.92 Å². The van der Waals surface area contributed by atoms with E-state index in [9.17, 15) is 14.3 Å². The Morgan fingerprint density at radius 2 is 2.28 bits per heavy atom. The van der Waals surface area contributed by atoms with Crippen molar-refractivity contribution in [1.82, 2.24) is 9.55 Å². The average Bonchev–Trinajstić information content (AvgIpc) is 2.95. The molecular formula is C15H24N2O6PS-. The zero-order chi connectivity index (χ0) is 18.6. The molecule has 10 heteroatoms. The van der Waals surface area contributed by atoms with Gasteiger partial charge in [-0.1, -0.05) is 6.92 Å². The first-order chi connectivity index (χ1) is 11.7. The average molecular weight is 391 g/mol. The van der Waals surface area contributed by atoms with Gasteiger partial charge < -0.3 is 23.5 Å². The second-order valence-electron chi connectivity index (χ2n) is 5.97. The Balaban J connectivity index is 2.15. The Labute approximate surface area is 151 Å². The molecule has 142 valence electrons. The smallest absolute Gasteiger partial charge is 0.350 e. The lowest BCUT2D eigenvalue weighted by Crippen LogP contribution is -2.29. The fourth-order valence-corrected chi connectivity index (χ4v) is 3.82. The molecule has 1 aliphatic rings. The van der Waals surface area contributed by atoms with Gasteiger partial charge in [-0.3, -0.25) is 4.57 Å². The molecule has 1 aromatic heterocycles. The molecule has 0 radical (unpaired) electrons. The second-order valence-corrected chi connectivity index (χ2v) is 8.86. The highest BCUT2D eigenvalue weighted by molar-refractivity contribution is 7.99. The molecule has 0 spiro atoms. The molecule has 0 amide bonds. The van der Waals surface area contributed by atoms with Crippen molar-refractivity contribution in [2.24, 2.45) is 0 Å². The molecule has 1 aromatic rings. The van der Waals surface area contributed by atoms with Crippen molar-refractivity contribution < 1.29 is 23.5 Å². The minimum absolute atomic E-state index is 0.141. The van der Waals surface area contributed by atoms with E-state index in [2.05, 4.69) is 11.9 Å². The van der Waals surface area contributed by atoms with E-state index < -0.39 is 25.6 Å². The van der Waals surface area contributed by atoms with Crippen LogP contribution in [0.4, 0.5) is 0 Å². The van der Waals surface area contributed by atoms with Crippen molar-refractivity contribution in [1.29, 1.82) is 0 Å². The summed E-state index contributed by atoms with van der Waals surface area (Å²) in [6.45, 7) is 4.83. The Kier molecular flexibility index (Phi) is 7.25. The topological polar surface area (TPSA) is 103 Å². The van der Waals surface area contributed by atoms with Crippen LogP contribution in [0.15, 0.2) is 16.0 Å². The number of hydrogen-bond acceptors (Lipinski definition) is 8. The first kappa shape index (κ1) is 20.6.